The monoisotopic (exact) mass is 201 g/mol. The van der Waals surface area contributed by atoms with Gasteiger partial charge in [-0.1, -0.05) is 0 Å². The highest BCUT2D eigenvalue weighted by molar-refractivity contribution is 5.72. The van der Waals surface area contributed by atoms with Crippen molar-refractivity contribution >= 4 is 5.97 Å². The summed E-state index contributed by atoms with van der Waals surface area (Å²) in [6.07, 6.45) is 0.568. The summed E-state index contributed by atoms with van der Waals surface area (Å²) in [6.45, 7) is 1.80. The van der Waals surface area contributed by atoms with Crippen molar-refractivity contribution in [2.24, 2.45) is 0 Å². The van der Waals surface area contributed by atoms with Gasteiger partial charge in [0, 0.05) is 6.20 Å². The lowest BCUT2D eigenvalue weighted by molar-refractivity contribution is -0.142. The number of esters is 1. The Labute approximate surface area is 79.7 Å². The number of rotatable bonds is 3. The summed E-state index contributed by atoms with van der Waals surface area (Å²) in [6, 6.07) is 0.998. The number of hydrogen-bond donors (Lipinski definition) is 0. The number of aromatic nitrogens is 1. The third kappa shape index (κ3) is 2.48. The molecule has 1 rings (SSSR count). The highest BCUT2D eigenvalue weighted by Crippen LogP contribution is 2.10. The van der Waals surface area contributed by atoms with Crippen LogP contribution in [-0.4, -0.2) is 17.6 Å². The van der Waals surface area contributed by atoms with Gasteiger partial charge in [0.15, 0.2) is 0 Å². The molecule has 14 heavy (non-hydrogen) atoms. The first kappa shape index (κ1) is 10.6. The molecule has 1 aromatic rings. The largest absolute Gasteiger partial charge is 0.466 e. The number of nitrogens with zero attached hydrogens (tertiary/aromatic N) is 1. The first-order valence-electron chi connectivity index (χ1n) is 4.09. The van der Waals surface area contributed by atoms with Gasteiger partial charge in [-0.15, -0.1) is 0 Å². The first-order valence-corrected chi connectivity index (χ1v) is 4.09. The van der Waals surface area contributed by atoms with Gasteiger partial charge in [0.25, 0.3) is 0 Å². The van der Waals surface area contributed by atoms with Crippen molar-refractivity contribution in [3.8, 4) is 0 Å². The highest BCUT2D eigenvalue weighted by Gasteiger charge is 2.14. The van der Waals surface area contributed by atoms with Crippen molar-refractivity contribution in [3.05, 3.63) is 29.6 Å². The summed E-state index contributed by atoms with van der Waals surface area (Å²) in [4.78, 5) is 14.2. The van der Waals surface area contributed by atoms with E-state index in [4.69, 9.17) is 0 Å². The second-order valence-electron chi connectivity index (χ2n) is 2.54. The maximum absolute atomic E-state index is 13.0. The molecule has 1 aromatic heterocycles. The van der Waals surface area contributed by atoms with Crippen molar-refractivity contribution in [1.82, 2.24) is 4.98 Å². The molecule has 5 heteroatoms. The van der Waals surface area contributed by atoms with E-state index in [1.165, 1.54) is 0 Å². The summed E-state index contributed by atoms with van der Waals surface area (Å²) in [7, 11) is 0. The van der Waals surface area contributed by atoms with Crippen LogP contribution in [0.3, 0.4) is 0 Å². The van der Waals surface area contributed by atoms with Crippen LogP contribution in [0.5, 0.6) is 0 Å². The van der Waals surface area contributed by atoms with Crippen molar-refractivity contribution in [2.75, 3.05) is 6.61 Å². The maximum atomic E-state index is 13.0. The van der Waals surface area contributed by atoms with Crippen molar-refractivity contribution in [3.63, 3.8) is 0 Å². The summed E-state index contributed by atoms with van der Waals surface area (Å²) in [5.41, 5.74) is -0.356. The van der Waals surface area contributed by atoms with Crippen LogP contribution in [-0.2, 0) is 16.0 Å². The lowest BCUT2D eigenvalue weighted by Gasteiger charge is -2.03. The second kappa shape index (κ2) is 4.64. The van der Waals surface area contributed by atoms with Crippen LogP contribution >= 0.6 is 0 Å². The van der Waals surface area contributed by atoms with Crippen molar-refractivity contribution < 1.29 is 18.3 Å². The smallest absolute Gasteiger partial charge is 0.310 e. The molecule has 0 unspecified atom stereocenters. The molecule has 0 aromatic carbocycles. The predicted octanol–water partition coefficient (Wildman–Crippen LogP) is 1.47. The molecule has 0 amide bonds. The summed E-state index contributed by atoms with van der Waals surface area (Å²) < 4.78 is 30.4. The molecule has 0 aliphatic rings. The van der Waals surface area contributed by atoms with E-state index >= 15 is 0 Å². The third-order valence-electron chi connectivity index (χ3n) is 1.57. The molecular weight excluding hydrogens is 192 g/mol. The Morgan fingerprint density at radius 1 is 1.57 bits per heavy atom. The average Bonchev–Trinajstić information content (AvgIpc) is 2.12. The molecule has 0 fully saturated rings. The predicted molar refractivity (Wildman–Crippen MR) is 44.5 cm³/mol. The van der Waals surface area contributed by atoms with E-state index < -0.39 is 24.2 Å². The first-order chi connectivity index (χ1) is 6.65. The lowest BCUT2D eigenvalue weighted by Crippen LogP contribution is -2.11. The van der Waals surface area contributed by atoms with Gasteiger partial charge < -0.3 is 4.74 Å². The molecule has 0 radical (unpaired) electrons. The van der Waals surface area contributed by atoms with E-state index in [9.17, 15) is 13.6 Å². The molecule has 0 bridgehead atoms. The Balaban J connectivity index is 2.80. The van der Waals surface area contributed by atoms with Gasteiger partial charge in [-0.2, -0.15) is 4.39 Å². The van der Waals surface area contributed by atoms with Gasteiger partial charge >= 0.3 is 5.97 Å². The van der Waals surface area contributed by atoms with Gasteiger partial charge in [0.2, 0.25) is 5.95 Å². The van der Waals surface area contributed by atoms with Crippen LogP contribution in [0, 0.1) is 11.8 Å². The van der Waals surface area contributed by atoms with Crippen LogP contribution in [0.15, 0.2) is 12.3 Å². The molecule has 3 nitrogen and oxygen atoms in total. The van der Waals surface area contributed by atoms with E-state index in [1.54, 1.807) is 6.92 Å². The quantitative estimate of drug-likeness (QED) is 0.549. The molecule has 0 aliphatic heterocycles. The molecule has 76 valence electrons. The Morgan fingerprint density at radius 3 is 2.86 bits per heavy atom. The number of carbonyl (C=O) groups is 1. The topological polar surface area (TPSA) is 39.2 Å². The second-order valence-corrected chi connectivity index (χ2v) is 2.54. The summed E-state index contributed by atoms with van der Waals surface area (Å²) in [5.74, 6) is -2.43. The summed E-state index contributed by atoms with van der Waals surface area (Å²) in [5, 5.41) is 0. The van der Waals surface area contributed by atoms with Crippen LogP contribution in [0.1, 0.15) is 12.5 Å². The fourth-order valence-electron chi connectivity index (χ4n) is 0.959. The Hall–Kier alpha value is -1.52. The highest BCUT2D eigenvalue weighted by atomic mass is 19.1. The van der Waals surface area contributed by atoms with Gasteiger partial charge in [-0.05, 0) is 13.0 Å². The standard InChI is InChI=1S/C9H9F2NO2/c1-2-14-8(13)5-6-7(10)3-4-12-9(6)11/h3-4H,2,5H2,1H3. The Morgan fingerprint density at radius 2 is 2.29 bits per heavy atom. The molecule has 0 atom stereocenters. The van der Waals surface area contributed by atoms with Gasteiger partial charge in [0.05, 0.1) is 18.6 Å². The van der Waals surface area contributed by atoms with E-state index in [1.807, 2.05) is 0 Å². The Bertz CT molecular complexity index is 321. The molecule has 0 saturated heterocycles. The summed E-state index contributed by atoms with van der Waals surface area (Å²) >= 11 is 0. The van der Waals surface area contributed by atoms with E-state index in [-0.39, 0.29) is 12.2 Å². The lowest BCUT2D eigenvalue weighted by atomic mass is 10.2. The minimum absolute atomic E-state index is 0.183. The number of pyridine rings is 1. The molecule has 1 heterocycles. The molecule has 0 N–H and O–H groups in total. The van der Waals surface area contributed by atoms with Gasteiger partial charge in [-0.3, -0.25) is 4.79 Å². The van der Waals surface area contributed by atoms with Gasteiger partial charge in [0.1, 0.15) is 5.82 Å². The van der Waals surface area contributed by atoms with Crippen LogP contribution < -0.4 is 0 Å². The van der Waals surface area contributed by atoms with E-state index in [0.29, 0.717) is 0 Å². The number of carbonyl (C=O) groups excluding carboxylic acids is 1. The van der Waals surface area contributed by atoms with Crippen molar-refractivity contribution in [2.45, 2.75) is 13.3 Å². The SMILES string of the molecule is CCOC(=O)Cc1c(F)ccnc1F. The zero-order chi connectivity index (χ0) is 10.6. The fourth-order valence-corrected chi connectivity index (χ4v) is 0.959. The van der Waals surface area contributed by atoms with Crippen LogP contribution in [0.25, 0.3) is 0 Å². The van der Waals surface area contributed by atoms with E-state index in [2.05, 4.69) is 9.72 Å². The van der Waals surface area contributed by atoms with E-state index in [0.717, 1.165) is 12.3 Å². The zero-order valence-electron chi connectivity index (χ0n) is 7.59. The normalized spacial score (nSPS) is 9.93. The fraction of sp³-hybridized carbons (Fsp3) is 0.333. The Kier molecular flexibility index (Phi) is 3.50. The third-order valence-corrected chi connectivity index (χ3v) is 1.57. The molecule has 0 saturated carbocycles. The molecule has 0 spiro atoms. The van der Waals surface area contributed by atoms with Crippen molar-refractivity contribution in [1.29, 1.82) is 0 Å². The van der Waals surface area contributed by atoms with Gasteiger partial charge in [-0.25, -0.2) is 9.37 Å². The zero-order valence-corrected chi connectivity index (χ0v) is 7.59. The maximum Gasteiger partial charge on any atom is 0.310 e. The number of hydrogen-bond acceptors (Lipinski definition) is 3. The average molecular weight is 201 g/mol. The molecule has 0 aliphatic carbocycles. The number of halogens is 2. The minimum atomic E-state index is -0.974. The van der Waals surface area contributed by atoms with Crippen LogP contribution in [0.4, 0.5) is 8.78 Å². The van der Waals surface area contributed by atoms with Crippen LogP contribution in [0.2, 0.25) is 0 Å². The molecular formula is C9H9F2NO2. The number of ether oxygens (including phenoxy) is 1. The minimum Gasteiger partial charge on any atom is -0.466 e.